The monoisotopic (exact) mass is 401 g/mol. The molecule has 2 unspecified atom stereocenters. The van der Waals surface area contributed by atoms with E-state index in [1.807, 2.05) is 0 Å². The second-order valence-corrected chi connectivity index (χ2v) is 7.47. The summed E-state index contributed by atoms with van der Waals surface area (Å²) in [5.74, 6) is 0.0441. The van der Waals surface area contributed by atoms with E-state index < -0.39 is 5.91 Å². The van der Waals surface area contributed by atoms with Crippen molar-refractivity contribution in [2.75, 3.05) is 0 Å². The molecule has 0 aliphatic heterocycles. The number of rotatable bonds is 2. The van der Waals surface area contributed by atoms with Crippen LogP contribution in [0.5, 0.6) is 0 Å². The second-order valence-electron chi connectivity index (χ2n) is 7.06. The summed E-state index contributed by atoms with van der Waals surface area (Å²) in [6.45, 7) is 2.23. The largest absolute Gasteiger partial charge is 0.364 e. The molecule has 4 rings (SSSR count). The topological polar surface area (TPSA) is 88.8 Å². The molecule has 1 aliphatic carbocycles. The zero-order chi connectivity index (χ0) is 20.3. The van der Waals surface area contributed by atoms with Crippen LogP contribution in [-0.2, 0) is 0 Å². The fraction of sp³-hybridized carbons (Fsp3) is 0.286. The third-order valence-corrected chi connectivity index (χ3v) is 5.26. The maximum Gasteiger partial charge on any atom is 0.268 e. The first-order chi connectivity index (χ1) is 13.4. The van der Waals surface area contributed by atoms with E-state index in [9.17, 15) is 14.0 Å². The highest BCUT2D eigenvalue weighted by Gasteiger charge is 2.24. The predicted molar refractivity (Wildman–Crippen MR) is 108 cm³/mol. The number of amides is 1. The number of nitrogens with one attached hydrogen (secondary N) is 1. The van der Waals surface area contributed by atoms with Crippen LogP contribution in [0.1, 0.15) is 48.3 Å². The molecule has 2 atom stereocenters. The van der Waals surface area contributed by atoms with Gasteiger partial charge in [0.1, 0.15) is 11.5 Å². The number of hydrogen-bond acceptors (Lipinski definition) is 3. The molecule has 0 spiro atoms. The molecule has 2 heterocycles. The Balaban J connectivity index is 0.000000236. The van der Waals surface area contributed by atoms with Crippen molar-refractivity contribution in [2.24, 2.45) is 11.7 Å². The summed E-state index contributed by atoms with van der Waals surface area (Å²) in [5, 5.41) is 0.460. The molecule has 0 bridgehead atoms. The van der Waals surface area contributed by atoms with Crippen molar-refractivity contribution in [1.82, 2.24) is 9.97 Å². The number of fused-ring (bicyclic) bond motifs is 1. The zero-order valence-corrected chi connectivity index (χ0v) is 16.2. The van der Waals surface area contributed by atoms with Crippen LogP contribution in [0.3, 0.4) is 0 Å². The van der Waals surface area contributed by atoms with Gasteiger partial charge in [-0.15, -0.1) is 0 Å². The number of H-pyrrole nitrogens is 1. The van der Waals surface area contributed by atoms with Crippen molar-refractivity contribution in [3.8, 4) is 0 Å². The molecule has 1 aromatic carbocycles. The van der Waals surface area contributed by atoms with E-state index in [2.05, 4.69) is 16.9 Å². The fourth-order valence-corrected chi connectivity index (χ4v) is 3.69. The highest BCUT2D eigenvalue weighted by Crippen LogP contribution is 2.37. The molecule has 5 nitrogen and oxygen atoms in total. The van der Waals surface area contributed by atoms with E-state index in [-0.39, 0.29) is 27.3 Å². The summed E-state index contributed by atoms with van der Waals surface area (Å²) in [5.41, 5.74) is 6.71. The molecular formula is C21H21ClFN3O2. The van der Waals surface area contributed by atoms with Crippen LogP contribution in [0.15, 0.2) is 47.4 Å². The molecule has 3 N–H and O–H groups in total. The first-order valence-electron chi connectivity index (χ1n) is 9.08. The SMILES string of the molecule is CC1CCC(c2cc(=O)c3c(C(N)=O)nccc3[nH]2)C1.Fc1ccccc1Cl. The molecule has 0 radical (unpaired) electrons. The number of aromatic nitrogens is 2. The smallest absolute Gasteiger partial charge is 0.268 e. The lowest BCUT2D eigenvalue weighted by Gasteiger charge is -2.11. The Kier molecular flexibility index (Phi) is 6.09. The summed E-state index contributed by atoms with van der Waals surface area (Å²) in [7, 11) is 0. The van der Waals surface area contributed by atoms with Crippen molar-refractivity contribution < 1.29 is 9.18 Å². The van der Waals surface area contributed by atoms with E-state index >= 15 is 0 Å². The average Bonchev–Trinajstić information content (AvgIpc) is 3.10. The molecule has 1 aliphatic rings. The number of carbonyl (C=O) groups is 1. The summed E-state index contributed by atoms with van der Waals surface area (Å²) < 4.78 is 12.2. The van der Waals surface area contributed by atoms with Gasteiger partial charge in [0.2, 0.25) is 0 Å². The van der Waals surface area contributed by atoms with Crippen molar-refractivity contribution in [3.05, 3.63) is 75.0 Å². The van der Waals surface area contributed by atoms with Crippen molar-refractivity contribution >= 4 is 28.4 Å². The van der Waals surface area contributed by atoms with E-state index in [0.717, 1.165) is 18.5 Å². The van der Waals surface area contributed by atoms with E-state index in [1.165, 1.54) is 24.8 Å². The van der Waals surface area contributed by atoms with Gasteiger partial charge < -0.3 is 10.7 Å². The fourth-order valence-electron chi connectivity index (χ4n) is 3.56. The van der Waals surface area contributed by atoms with Gasteiger partial charge in [-0.3, -0.25) is 14.6 Å². The van der Waals surface area contributed by atoms with E-state index in [0.29, 0.717) is 17.4 Å². The molecule has 1 fully saturated rings. The van der Waals surface area contributed by atoms with Crippen LogP contribution in [0, 0.1) is 11.7 Å². The zero-order valence-electron chi connectivity index (χ0n) is 15.4. The maximum atomic E-state index is 12.3. The molecule has 0 saturated heterocycles. The Morgan fingerprint density at radius 1 is 1.29 bits per heavy atom. The van der Waals surface area contributed by atoms with Crippen LogP contribution in [0.2, 0.25) is 5.02 Å². The number of pyridine rings is 2. The summed E-state index contributed by atoms with van der Waals surface area (Å²) in [4.78, 5) is 30.8. The van der Waals surface area contributed by atoms with Crippen molar-refractivity contribution in [3.63, 3.8) is 0 Å². The minimum atomic E-state index is -0.677. The van der Waals surface area contributed by atoms with Crippen LogP contribution in [-0.4, -0.2) is 15.9 Å². The standard InChI is InChI=1S/C15H17N3O2.C6H4ClF/c1-8-2-3-9(6-8)11-7-12(19)13-10(18-11)4-5-17-14(13)15(16)20;7-5-3-1-2-4-6(5)8/h4-5,7-9H,2-3,6H2,1H3,(H2,16,20)(H,18,19);1-4H. The summed E-state index contributed by atoms with van der Waals surface area (Å²) >= 11 is 5.33. The summed E-state index contributed by atoms with van der Waals surface area (Å²) in [6, 6.07) is 9.43. The van der Waals surface area contributed by atoms with Crippen molar-refractivity contribution in [1.29, 1.82) is 0 Å². The molecule has 146 valence electrons. The minimum absolute atomic E-state index is 0.0371. The molecule has 3 aromatic rings. The van der Waals surface area contributed by atoms with Gasteiger partial charge in [0.05, 0.1) is 15.9 Å². The van der Waals surface area contributed by atoms with Gasteiger partial charge >= 0.3 is 0 Å². The van der Waals surface area contributed by atoms with Crippen LogP contribution in [0.4, 0.5) is 4.39 Å². The third kappa shape index (κ3) is 4.39. The maximum absolute atomic E-state index is 12.3. The number of halogens is 2. The molecule has 2 aromatic heterocycles. The Bertz CT molecular complexity index is 1050. The quantitative estimate of drug-likeness (QED) is 0.666. The van der Waals surface area contributed by atoms with Crippen LogP contribution >= 0.6 is 11.6 Å². The number of hydrogen-bond donors (Lipinski definition) is 2. The minimum Gasteiger partial charge on any atom is -0.364 e. The lowest BCUT2D eigenvalue weighted by Crippen LogP contribution is -2.18. The van der Waals surface area contributed by atoms with Crippen LogP contribution < -0.4 is 11.2 Å². The highest BCUT2D eigenvalue weighted by molar-refractivity contribution is 6.30. The molecule has 1 saturated carbocycles. The first-order valence-corrected chi connectivity index (χ1v) is 9.46. The van der Waals surface area contributed by atoms with Crippen molar-refractivity contribution in [2.45, 2.75) is 32.1 Å². The van der Waals surface area contributed by atoms with Gasteiger partial charge in [0.15, 0.2) is 5.43 Å². The number of carbonyl (C=O) groups excluding carboxylic acids is 1. The average molecular weight is 402 g/mol. The summed E-state index contributed by atoms with van der Waals surface area (Å²) in [6.07, 6.45) is 4.87. The van der Waals surface area contributed by atoms with Gasteiger partial charge in [-0.1, -0.05) is 37.1 Å². The van der Waals surface area contributed by atoms with Crippen LogP contribution in [0.25, 0.3) is 10.9 Å². The Hall–Kier alpha value is -2.73. The number of benzene rings is 1. The Labute approximate surface area is 166 Å². The molecule has 1 amide bonds. The third-order valence-electron chi connectivity index (χ3n) is 4.96. The van der Waals surface area contributed by atoms with Gasteiger partial charge in [0, 0.05) is 18.0 Å². The lowest BCUT2D eigenvalue weighted by atomic mass is 10.0. The molecule has 28 heavy (non-hydrogen) atoms. The highest BCUT2D eigenvalue weighted by atomic mass is 35.5. The Morgan fingerprint density at radius 2 is 2.04 bits per heavy atom. The molecule has 7 heteroatoms. The lowest BCUT2D eigenvalue weighted by molar-refractivity contribution is 0.0997. The number of nitrogens with two attached hydrogens (primary N) is 1. The van der Waals surface area contributed by atoms with Gasteiger partial charge in [0.25, 0.3) is 5.91 Å². The molecular weight excluding hydrogens is 381 g/mol. The number of primary amides is 1. The number of aromatic amines is 1. The second kappa shape index (κ2) is 8.52. The first kappa shape index (κ1) is 20.0. The normalized spacial score (nSPS) is 18.5. The van der Waals surface area contributed by atoms with Gasteiger partial charge in [-0.25, -0.2) is 4.39 Å². The van der Waals surface area contributed by atoms with Gasteiger partial charge in [-0.05, 0) is 42.9 Å². The Morgan fingerprint density at radius 3 is 2.61 bits per heavy atom. The predicted octanol–water partition coefficient (Wildman–Crippen LogP) is 4.40. The number of nitrogens with zero attached hydrogens (tertiary/aromatic N) is 1. The van der Waals surface area contributed by atoms with Gasteiger partial charge in [-0.2, -0.15) is 0 Å². The van der Waals surface area contributed by atoms with E-state index in [1.54, 1.807) is 24.3 Å². The van der Waals surface area contributed by atoms with E-state index in [4.69, 9.17) is 17.3 Å².